The first kappa shape index (κ1) is 20.2. The number of phenols is 1. The Kier molecular flexibility index (Phi) is 5.35. The van der Waals surface area contributed by atoms with Crippen molar-refractivity contribution in [1.82, 2.24) is 4.90 Å². The van der Waals surface area contributed by atoms with Crippen LogP contribution in [0.25, 0.3) is 11.0 Å². The first-order chi connectivity index (χ1) is 14.4. The third-order valence-corrected chi connectivity index (χ3v) is 5.32. The number of aryl methyl sites for hydroxylation is 1. The van der Waals surface area contributed by atoms with Gasteiger partial charge >= 0.3 is 0 Å². The van der Waals surface area contributed by atoms with E-state index < -0.39 is 6.04 Å². The summed E-state index contributed by atoms with van der Waals surface area (Å²) < 4.78 is 11.5. The van der Waals surface area contributed by atoms with Crippen molar-refractivity contribution in [2.24, 2.45) is 0 Å². The molecule has 1 aliphatic heterocycles. The van der Waals surface area contributed by atoms with E-state index in [0.717, 1.165) is 11.1 Å². The molecule has 4 rings (SSSR count). The van der Waals surface area contributed by atoms with Gasteiger partial charge in [-0.2, -0.15) is 0 Å². The Bertz CT molecular complexity index is 1150. The Hall–Kier alpha value is -3.12. The van der Waals surface area contributed by atoms with E-state index >= 15 is 0 Å². The van der Waals surface area contributed by atoms with Gasteiger partial charge in [0.15, 0.2) is 5.43 Å². The highest BCUT2D eigenvalue weighted by Gasteiger charge is 2.42. The highest BCUT2D eigenvalue weighted by atomic mass is 16.5. The van der Waals surface area contributed by atoms with E-state index in [1.54, 1.807) is 41.3 Å². The van der Waals surface area contributed by atoms with E-state index in [2.05, 4.69) is 0 Å². The molecule has 1 atom stereocenters. The average Bonchev–Trinajstić information content (AvgIpc) is 2.99. The van der Waals surface area contributed by atoms with Gasteiger partial charge < -0.3 is 19.2 Å². The van der Waals surface area contributed by atoms with Gasteiger partial charge in [-0.05, 0) is 57.0 Å². The second-order valence-corrected chi connectivity index (χ2v) is 7.94. The first-order valence-corrected chi connectivity index (χ1v) is 10.2. The lowest BCUT2D eigenvalue weighted by atomic mass is 9.98. The smallest absolute Gasteiger partial charge is 0.290 e. The summed E-state index contributed by atoms with van der Waals surface area (Å²) in [4.78, 5) is 28.3. The number of rotatable bonds is 6. The van der Waals surface area contributed by atoms with Crippen LogP contribution in [0, 0.1) is 6.92 Å². The SMILES string of the molecule is Cc1ccc2oc3c(c(=O)c2c1)C(c1ccc(O)cc1)N(CCCOC(C)C)C3=O. The minimum atomic E-state index is -0.562. The number of hydrogen-bond donors (Lipinski definition) is 1. The van der Waals surface area contributed by atoms with E-state index in [1.165, 1.54) is 0 Å². The number of carbonyl (C=O) groups excluding carboxylic acids is 1. The molecule has 0 bridgehead atoms. The fraction of sp³-hybridized carbons (Fsp3) is 0.333. The van der Waals surface area contributed by atoms with E-state index in [9.17, 15) is 14.7 Å². The molecule has 1 unspecified atom stereocenters. The maximum absolute atomic E-state index is 13.4. The Labute approximate surface area is 174 Å². The standard InChI is InChI=1S/C24H25NO5/c1-14(2)29-12-4-11-25-21(16-6-8-17(26)9-7-16)20-22(27)18-13-15(3)5-10-19(18)30-23(20)24(25)28/h5-10,13-14,21,26H,4,11-12H2,1-3H3. The third-order valence-electron chi connectivity index (χ3n) is 5.32. The van der Waals surface area contributed by atoms with Crippen LogP contribution < -0.4 is 5.43 Å². The molecule has 0 saturated carbocycles. The van der Waals surface area contributed by atoms with Crippen molar-refractivity contribution < 1.29 is 19.1 Å². The predicted octanol–water partition coefficient (Wildman–Crippen LogP) is 4.17. The number of nitrogens with zero attached hydrogens (tertiary/aromatic N) is 1. The van der Waals surface area contributed by atoms with Crippen molar-refractivity contribution in [3.63, 3.8) is 0 Å². The highest BCUT2D eigenvalue weighted by molar-refractivity contribution is 5.99. The van der Waals surface area contributed by atoms with Crippen LogP contribution in [0.5, 0.6) is 5.75 Å². The number of carbonyl (C=O) groups is 1. The second kappa shape index (κ2) is 7.95. The van der Waals surface area contributed by atoms with Crippen LogP contribution in [0.3, 0.4) is 0 Å². The van der Waals surface area contributed by atoms with E-state index in [-0.39, 0.29) is 28.9 Å². The molecule has 0 spiro atoms. The number of ether oxygens (including phenoxy) is 1. The number of phenolic OH excluding ortho intramolecular Hbond substituents is 1. The van der Waals surface area contributed by atoms with Crippen molar-refractivity contribution in [3.05, 3.63) is 75.1 Å². The summed E-state index contributed by atoms with van der Waals surface area (Å²) in [7, 11) is 0. The van der Waals surface area contributed by atoms with Gasteiger partial charge in [-0.25, -0.2) is 0 Å². The van der Waals surface area contributed by atoms with Gasteiger partial charge in [0.1, 0.15) is 11.3 Å². The third kappa shape index (κ3) is 3.59. The number of amides is 1. The zero-order valence-electron chi connectivity index (χ0n) is 17.3. The zero-order chi connectivity index (χ0) is 21.4. The molecule has 6 nitrogen and oxygen atoms in total. The molecule has 0 aliphatic carbocycles. The van der Waals surface area contributed by atoms with Crippen molar-refractivity contribution in [2.45, 2.75) is 39.3 Å². The van der Waals surface area contributed by atoms with Gasteiger partial charge in [-0.15, -0.1) is 0 Å². The Morgan fingerprint density at radius 2 is 1.87 bits per heavy atom. The maximum Gasteiger partial charge on any atom is 0.290 e. The zero-order valence-corrected chi connectivity index (χ0v) is 17.3. The van der Waals surface area contributed by atoms with Gasteiger partial charge in [0.05, 0.1) is 23.1 Å². The highest BCUT2D eigenvalue weighted by Crippen LogP contribution is 2.38. The minimum absolute atomic E-state index is 0.0965. The molecular formula is C24H25NO5. The second-order valence-electron chi connectivity index (χ2n) is 7.94. The molecule has 1 amide bonds. The summed E-state index contributed by atoms with van der Waals surface area (Å²) in [6.07, 6.45) is 0.750. The van der Waals surface area contributed by atoms with Crippen molar-refractivity contribution in [1.29, 1.82) is 0 Å². The molecule has 2 aromatic carbocycles. The summed E-state index contributed by atoms with van der Waals surface area (Å²) in [6.45, 7) is 6.78. The minimum Gasteiger partial charge on any atom is -0.508 e. The van der Waals surface area contributed by atoms with Gasteiger partial charge in [-0.1, -0.05) is 23.8 Å². The Morgan fingerprint density at radius 1 is 1.13 bits per heavy atom. The van der Waals surface area contributed by atoms with Gasteiger partial charge in [-0.3, -0.25) is 9.59 Å². The number of aromatic hydroxyl groups is 1. The molecule has 0 radical (unpaired) electrons. The Balaban J connectivity index is 1.81. The number of fused-ring (bicyclic) bond motifs is 2. The molecule has 1 N–H and O–H groups in total. The first-order valence-electron chi connectivity index (χ1n) is 10.2. The molecule has 3 aromatic rings. The normalized spacial score (nSPS) is 15.9. The molecule has 0 saturated heterocycles. The molecular weight excluding hydrogens is 382 g/mol. The van der Waals surface area contributed by atoms with Crippen LogP contribution in [-0.2, 0) is 4.74 Å². The fourth-order valence-electron chi connectivity index (χ4n) is 3.92. The van der Waals surface area contributed by atoms with Crippen LogP contribution in [0.2, 0.25) is 0 Å². The summed E-state index contributed by atoms with van der Waals surface area (Å²) in [5.41, 5.74) is 2.27. The topological polar surface area (TPSA) is 80.0 Å². The lowest BCUT2D eigenvalue weighted by Crippen LogP contribution is -2.31. The quantitative estimate of drug-likeness (QED) is 0.621. The van der Waals surface area contributed by atoms with E-state index in [0.29, 0.717) is 36.1 Å². The van der Waals surface area contributed by atoms with E-state index in [1.807, 2.05) is 26.8 Å². The lowest BCUT2D eigenvalue weighted by molar-refractivity contribution is 0.0593. The predicted molar refractivity (Wildman–Crippen MR) is 114 cm³/mol. The van der Waals surface area contributed by atoms with Crippen molar-refractivity contribution in [2.75, 3.05) is 13.2 Å². The van der Waals surface area contributed by atoms with Crippen LogP contribution >= 0.6 is 0 Å². The molecule has 30 heavy (non-hydrogen) atoms. The monoisotopic (exact) mass is 407 g/mol. The van der Waals surface area contributed by atoms with Crippen LogP contribution in [0.15, 0.2) is 51.7 Å². The molecule has 0 fully saturated rings. The molecule has 2 heterocycles. The van der Waals surface area contributed by atoms with Crippen LogP contribution in [-0.4, -0.2) is 35.2 Å². The number of hydrogen-bond acceptors (Lipinski definition) is 5. The van der Waals surface area contributed by atoms with Gasteiger partial charge in [0.25, 0.3) is 5.91 Å². The van der Waals surface area contributed by atoms with Crippen LogP contribution in [0.4, 0.5) is 0 Å². The van der Waals surface area contributed by atoms with Gasteiger partial charge in [0.2, 0.25) is 5.76 Å². The fourth-order valence-corrected chi connectivity index (χ4v) is 3.92. The van der Waals surface area contributed by atoms with Crippen molar-refractivity contribution in [3.8, 4) is 5.75 Å². The molecule has 1 aromatic heterocycles. The molecule has 156 valence electrons. The van der Waals surface area contributed by atoms with Crippen LogP contribution in [0.1, 0.15) is 53.6 Å². The lowest BCUT2D eigenvalue weighted by Gasteiger charge is -2.25. The maximum atomic E-state index is 13.4. The summed E-state index contributed by atoms with van der Waals surface area (Å²) >= 11 is 0. The average molecular weight is 407 g/mol. The van der Waals surface area contributed by atoms with Crippen molar-refractivity contribution >= 4 is 16.9 Å². The molecule has 1 aliphatic rings. The van der Waals surface area contributed by atoms with E-state index in [4.69, 9.17) is 9.15 Å². The Morgan fingerprint density at radius 3 is 2.57 bits per heavy atom. The summed E-state index contributed by atoms with van der Waals surface area (Å²) in [5.74, 6) is -0.0762. The summed E-state index contributed by atoms with van der Waals surface area (Å²) in [5, 5.41) is 10.2. The number of benzene rings is 2. The largest absolute Gasteiger partial charge is 0.508 e. The van der Waals surface area contributed by atoms with Gasteiger partial charge in [0, 0.05) is 13.2 Å². The molecule has 6 heteroatoms. The summed E-state index contributed by atoms with van der Waals surface area (Å²) in [6, 6.07) is 11.4.